The Bertz CT molecular complexity index is 555. The van der Waals surface area contributed by atoms with Crippen molar-refractivity contribution < 1.29 is 17.9 Å². The highest BCUT2D eigenvalue weighted by Gasteiger charge is 2.17. The van der Waals surface area contributed by atoms with Crippen LogP contribution >= 0.6 is 0 Å². The lowest BCUT2D eigenvalue weighted by molar-refractivity contribution is 0.329. The fraction of sp³-hybridized carbons (Fsp3) is 0.600. The molecule has 0 aromatic heterocycles. The maximum atomic E-state index is 11.8. The highest BCUT2D eigenvalue weighted by molar-refractivity contribution is 7.91. The van der Waals surface area contributed by atoms with Crippen molar-refractivity contribution in [3.05, 3.63) is 23.8 Å². The van der Waals surface area contributed by atoms with Crippen LogP contribution in [0.2, 0.25) is 0 Å². The molecular formula is C15H25NO4S. The van der Waals surface area contributed by atoms with Crippen molar-refractivity contribution in [2.75, 3.05) is 26.5 Å². The van der Waals surface area contributed by atoms with Crippen molar-refractivity contribution in [3.8, 4) is 11.5 Å². The quantitative estimate of drug-likeness (QED) is 0.796. The zero-order valence-corrected chi connectivity index (χ0v) is 14.2. The maximum absolute atomic E-state index is 11.8. The van der Waals surface area contributed by atoms with Crippen LogP contribution in [0.25, 0.3) is 0 Å². The third-order valence-electron chi connectivity index (χ3n) is 3.46. The number of benzene rings is 1. The number of rotatable bonds is 8. The van der Waals surface area contributed by atoms with Gasteiger partial charge in [0.1, 0.15) is 18.1 Å². The van der Waals surface area contributed by atoms with Gasteiger partial charge in [0.2, 0.25) is 0 Å². The first kappa shape index (κ1) is 17.8. The standard InChI is InChI=1S/C15H25NO4S/c1-11(2)21(17,18)9-8-20-15-10-13(19-5)6-7-14(15)12(3)16-4/h6-7,10-12,16H,8-9H2,1-5H3. The molecule has 120 valence electrons. The lowest BCUT2D eigenvalue weighted by Gasteiger charge is -2.18. The Balaban J connectivity index is 2.85. The van der Waals surface area contributed by atoms with Gasteiger partial charge in [0.05, 0.1) is 18.1 Å². The summed E-state index contributed by atoms with van der Waals surface area (Å²) in [5.41, 5.74) is 0.972. The summed E-state index contributed by atoms with van der Waals surface area (Å²) in [6, 6.07) is 5.67. The Morgan fingerprint density at radius 2 is 1.90 bits per heavy atom. The molecule has 1 aromatic carbocycles. The molecule has 0 aliphatic heterocycles. The molecule has 0 spiro atoms. The van der Waals surface area contributed by atoms with Gasteiger partial charge in [0.15, 0.2) is 9.84 Å². The molecular weight excluding hydrogens is 290 g/mol. The van der Waals surface area contributed by atoms with Gasteiger partial charge < -0.3 is 14.8 Å². The summed E-state index contributed by atoms with van der Waals surface area (Å²) >= 11 is 0. The van der Waals surface area contributed by atoms with Crippen LogP contribution in [0.5, 0.6) is 11.5 Å². The largest absolute Gasteiger partial charge is 0.497 e. The van der Waals surface area contributed by atoms with E-state index < -0.39 is 9.84 Å². The zero-order chi connectivity index (χ0) is 16.0. The molecule has 1 rings (SSSR count). The van der Waals surface area contributed by atoms with Crippen LogP contribution < -0.4 is 14.8 Å². The van der Waals surface area contributed by atoms with Crippen molar-refractivity contribution in [1.29, 1.82) is 0 Å². The number of ether oxygens (including phenoxy) is 2. The van der Waals surface area contributed by atoms with Crippen molar-refractivity contribution in [1.82, 2.24) is 5.32 Å². The smallest absolute Gasteiger partial charge is 0.155 e. The van der Waals surface area contributed by atoms with Crippen LogP contribution in [0.3, 0.4) is 0 Å². The van der Waals surface area contributed by atoms with Crippen LogP contribution in [0.15, 0.2) is 18.2 Å². The summed E-state index contributed by atoms with van der Waals surface area (Å²) in [6.45, 7) is 5.50. The highest BCUT2D eigenvalue weighted by Crippen LogP contribution is 2.29. The first-order valence-electron chi connectivity index (χ1n) is 7.01. The topological polar surface area (TPSA) is 64.6 Å². The van der Waals surface area contributed by atoms with E-state index in [1.807, 2.05) is 26.1 Å². The monoisotopic (exact) mass is 315 g/mol. The molecule has 0 amide bonds. The minimum absolute atomic E-state index is 0.00918. The maximum Gasteiger partial charge on any atom is 0.155 e. The fourth-order valence-corrected chi connectivity index (χ4v) is 2.57. The molecule has 0 aliphatic rings. The molecule has 0 aliphatic carbocycles. The first-order valence-corrected chi connectivity index (χ1v) is 8.73. The van der Waals surface area contributed by atoms with Gasteiger partial charge in [-0.3, -0.25) is 0 Å². The molecule has 1 aromatic rings. The minimum Gasteiger partial charge on any atom is -0.497 e. The fourth-order valence-electron chi connectivity index (χ4n) is 1.78. The van der Waals surface area contributed by atoms with Crippen molar-refractivity contribution in [2.24, 2.45) is 0 Å². The van der Waals surface area contributed by atoms with E-state index in [1.165, 1.54) is 0 Å². The van der Waals surface area contributed by atoms with Gasteiger partial charge in [-0.15, -0.1) is 0 Å². The van der Waals surface area contributed by atoms with Gasteiger partial charge in [-0.1, -0.05) is 6.07 Å². The first-order chi connectivity index (χ1) is 9.81. The zero-order valence-electron chi connectivity index (χ0n) is 13.3. The molecule has 21 heavy (non-hydrogen) atoms. The van der Waals surface area contributed by atoms with Crippen LogP contribution in [0, 0.1) is 0 Å². The molecule has 0 heterocycles. The van der Waals surface area contributed by atoms with E-state index in [0.29, 0.717) is 11.5 Å². The van der Waals surface area contributed by atoms with Crippen molar-refractivity contribution in [3.63, 3.8) is 0 Å². The van der Waals surface area contributed by atoms with Gasteiger partial charge >= 0.3 is 0 Å². The number of hydrogen-bond donors (Lipinski definition) is 1. The summed E-state index contributed by atoms with van der Waals surface area (Å²) in [5, 5.41) is 2.76. The van der Waals surface area contributed by atoms with E-state index in [1.54, 1.807) is 27.0 Å². The van der Waals surface area contributed by atoms with Gasteiger partial charge in [-0.25, -0.2) is 8.42 Å². The minimum atomic E-state index is -3.09. The average molecular weight is 315 g/mol. The predicted molar refractivity (Wildman–Crippen MR) is 84.9 cm³/mol. The molecule has 1 unspecified atom stereocenters. The predicted octanol–water partition coefficient (Wildman–Crippen LogP) is 2.18. The Labute approximate surface area is 127 Å². The van der Waals surface area contributed by atoms with Crippen LogP contribution in [0.4, 0.5) is 0 Å². The van der Waals surface area contributed by atoms with E-state index in [-0.39, 0.29) is 23.7 Å². The number of nitrogens with one attached hydrogen (secondary N) is 1. The van der Waals surface area contributed by atoms with Crippen molar-refractivity contribution >= 4 is 9.84 Å². The van der Waals surface area contributed by atoms with Gasteiger partial charge in [0, 0.05) is 17.7 Å². The molecule has 0 saturated carbocycles. The van der Waals surface area contributed by atoms with E-state index in [4.69, 9.17) is 9.47 Å². The third-order valence-corrected chi connectivity index (χ3v) is 5.64. The van der Waals surface area contributed by atoms with Crippen LogP contribution in [-0.2, 0) is 9.84 Å². The molecule has 6 heteroatoms. The molecule has 0 radical (unpaired) electrons. The SMILES string of the molecule is CNC(C)c1ccc(OC)cc1OCCS(=O)(=O)C(C)C. The Morgan fingerprint density at radius 3 is 2.43 bits per heavy atom. The Kier molecular flexibility index (Phi) is 6.48. The van der Waals surface area contributed by atoms with Gasteiger partial charge in [0.25, 0.3) is 0 Å². The molecule has 0 saturated heterocycles. The normalized spacial score (nSPS) is 13.2. The second-order valence-electron chi connectivity index (χ2n) is 5.18. The molecule has 1 N–H and O–H groups in total. The Hall–Kier alpha value is -1.27. The molecule has 0 bridgehead atoms. The van der Waals surface area contributed by atoms with E-state index in [9.17, 15) is 8.42 Å². The summed E-state index contributed by atoms with van der Waals surface area (Å²) in [7, 11) is 0.355. The number of sulfone groups is 1. The molecule has 0 fully saturated rings. The Morgan fingerprint density at radius 1 is 1.24 bits per heavy atom. The second kappa shape index (κ2) is 7.66. The lowest BCUT2D eigenvalue weighted by atomic mass is 10.1. The van der Waals surface area contributed by atoms with E-state index >= 15 is 0 Å². The molecule has 5 nitrogen and oxygen atoms in total. The summed E-state index contributed by atoms with van der Waals surface area (Å²) < 4.78 is 34.5. The van der Waals surface area contributed by atoms with Gasteiger partial charge in [-0.2, -0.15) is 0 Å². The van der Waals surface area contributed by atoms with E-state index in [2.05, 4.69) is 5.32 Å². The third kappa shape index (κ3) is 4.89. The van der Waals surface area contributed by atoms with Crippen molar-refractivity contribution in [2.45, 2.75) is 32.1 Å². The lowest BCUT2D eigenvalue weighted by Crippen LogP contribution is -2.22. The molecule has 1 atom stereocenters. The number of methoxy groups -OCH3 is 1. The summed E-state index contributed by atoms with van der Waals surface area (Å²) in [4.78, 5) is 0. The second-order valence-corrected chi connectivity index (χ2v) is 7.86. The van der Waals surface area contributed by atoms with Gasteiger partial charge in [-0.05, 0) is 33.9 Å². The van der Waals surface area contributed by atoms with Crippen LogP contribution in [-0.4, -0.2) is 40.2 Å². The summed E-state index contributed by atoms with van der Waals surface area (Å²) in [6.07, 6.45) is 0. The average Bonchev–Trinajstić information content (AvgIpc) is 2.45. The van der Waals surface area contributed by atoms with E-state index in [0.717, 1.165) is 5.56 Å². The van der Waals surface area contributed by atoms with Crippen LogP contribution in [0.1, 0.15) is 32.4 Å². The highest BCUT2D eigenvalue weighted by atomic mass is 32.2. The summed E-state index contributed by atoms with van der Waals surface area (Å²) in [5.74, 6) is 1.34. The number of hydrogen-bond acceptors (Lipinski definition) is 5.